The van der Waals surface area contributed by atoms with Crippen molar-refractivity contribution in [2.75, 3.05) is 6.61 Å². The van der Waals surface area contributed by atoms with Crippen LogP contribution in [0, 0.1) is 6.92 Å². The minimum Gasteiger partial charge on any atom is -0.462 e. The minimum atomic E-state index is -0.263. The van der Waals surface area contributed by atoms with Crippen molar-refractivity contribution in [2.45, 2.75) is 13.8 Å². The van der Waals surface area contributed by atoms with Gasteiger partial charge in [0, 0.05) is 12.4 Å². The molecule has 2 heterocycles. The highest BCUT2D eigenvalue weighted by Crippen LogP contribution is 2.15. The van der Waals surface area contributed by atoms with Gasteiger partial charge in [-0.3, -0.25) is 0 Å². The van der Waals surface area contributed by atoms with E-state index in [0.29, 0.717) is 12.2 Å². The van der Waals surface area contributed by atoms with Crippen LogP contribution >= 0.6 is 0 Å². The first kappa shape index (κ1) is 9.77. The van der Waals surface area contributed by atoms with Crippen molar-refractivity contribution in [3.8, 4) is 0 Å². The number of carbonyl (C=O) groups excluding carboxylic acids is 1. The molecular weight excluding hydrogens is 190 g/mol. The Morgan fingerprint density at radius 2 is 2.33 bits per heavy atom. The number of aromatic nitrogens is 1. The minimum absolute atomic E-state index is 0.263. The highest BCUT2D eigenvalue weighted by molar-refractivity contribution is 5.97. The topological polar surface area (TPSA) is 30.7 Å². The van der Waals surface area contributed by atoms with Gasteiger partial charge < -0.3 is 9.14 Å². The molecule has 0 saturated carbocycles. The summed E-state index contributed by atoms with van der Waals surface area (Å²) in [5, 5.41) is 0. The lowest BCUT2D eigenvalue weighted by molar-refractivity contribution is 0.0528. The summed E-state index contributed by atoms with van der Waals surface area (Å²) >= 11 is 0. The normalized spacial score (nSPS) is 10.5. The Balaban J connectivity index is 2.55. The average molecular weight is 203 g/mol. The van der Waals surface area contributed by atoms with Crippen LogP contribution < -0.4 is 0 Å². The average Bonchev–Trinajstić information content (AvgIpc) is 2.57. The van der Waals surface area contributed by atoms with Gasteiger partial charge in [-0.1, -0.05) is 0 Å². The molecular formula is C12H13NO2. The molecule has 0 radical (unpaired) electrons. The zero-order valence-corrected chi connectivity index (χ0v) is 8.86. The van der Waals surface area contributed by atoms with Crippen molar-refractivity contribution in [2.24, 2.45) is 0 Å². The Morgan fingerprint density at radius 3 is 3.07 bits per heavy atom. The van der Waals surface area contributed by atoms with E-state index in [1.54, 1.807) is 13.0 Å². The Morgan fingerprint density at radius 1 is 1.53 bits per heavy atom. The number of pyridine rings is 1. The van der Waals surface area contributed by atoms with Gasteiger partial charge in [0.25, 0.3) is 0 Å². The Kier molecular flexibility index (Phi) is 2.46. The molecule has 0 aliphatic carbocycles. The van der Waals surface area contributed by atoms with Crippen LogP contribution in [0.4, 0.5) is 0 Å². The van der Waals surface area contributed by atoms with E-state index >= 15 is 0 Å². The van der Waals surface area contributed by atoms with E-state index in [4.69, 9.17) is 4.74 Å². The molecule has 0 N–H and O–H groups in total. The molecule has 0 spiro atoms. The molecule has 0 unspecified atom stereocenters. The molecule has 3 nitrogen and oxygen atoms in total. The molecule has 0 saturated heterocycles. The number of aryl methyl sites for hydroxylation is 1. The number of fused-ring (bicyclic) bond motifs is 1. The van der Waals surface area contributed by atoms with Crippen molar-refractivity contribution in [1.29, 1.82) is 0 Å². The molecule has 78 valence electrons. The van der Waals surface area contributed by atoms with Crippen molar-refractivity contribution < 1.29 is 9.53 Å². The summed E-state index contributed by atoms with van der Waals surface area (Å²) in [5.74, 6) is -0.263. The first-order valence-electron chi connectivity index (χ1n) is 4.97. The Hall–Kier alpha value is -1.77. The number of hydrogen-bond acceptors (Lipinski definition) is 2. The molecule has 2 rings (SSSR count). The van der Waals surface area contributed by atoms with Crippen molar-refractivity contribution in [3.63, 3.8) is 0 Å². The molecule has 0 aliphatic rings. The van der Waals surface area contributed by atoms with Crippen LogP contribution in [0.2, 0.25) is 0 Å². The van der Waals surface area contributed by atoms with Crippen molar-refractivity contribution in [3.05, 3.63) is 41.7 Å². The lowest BCUT2D eigenvalue weighted by Gasteiger charge is -2.03. The number of hydrogen-bond donors (Lipinski definition) is 0. The predicted octanol–water partition coefficient (Wildman–Crippen LogP) is 2.42. The van der Waals surface area contributed by atoms with E-state index in [1.807, 2.05) is 35.9 Å². The number of nitrogens with zero attached hydrogens (tertiary/aromatic N) is 1. The summed E-state index contributed by atoms with van der Waals surface area (Å²) in [6.07, 6.45) is 3.91. The number of ether oxygens (including phenoxy) is 1. The molecule has 0 atom stereocenters. The van der Waals surface area contributed by atoms with Gasteiger partial charge in [0.15, 0.2) is 0 Å². The van der Waals surface area contributed by atoms with E-state index in [-0.39, 0.29) is 5.97 Å². The lowest BCUT2D eigenvalue weighted by Crippen LogP contribution is -2.05. The van der Waals surface area contributed by atoms with E-state index < -0.39 is 0 Å². The summed E-state index contributed by atoms with van der Waals surface area (Å²) in [7, 11) is 0. The van der Waals surface area contributed by atoms with E-state index in [0.717, 1.165) is 11.1 Å². The van der Waals surface area contributed by atoms with Gasteiger partial charge in [0.2, 0.25) is 0 Å². The van der Waals surface area contributed by atoms with E-state index in [2.05, 4.69) is 0 Å². The van der Waals surface area contributed by atoms with Crippen LogP contribution in [0.15, 0.2) is 30.6 Å². The van der Waals surface area contributed by atoms with E-state index in [9.17, 15) is 4.79 Å². The first-order valence-corrected chi connectivity index (χ1v) is 4.97. The standard InChI is InChI=1S/C12H13NO2/c1-3-15-12(14)10-5-4-6-13-8-9(2)7-11(10)13/h4-8H,3H2,1-2H3. The molecule has 0 fully saturated rings. The van der Waals surface area contributed by atoms with Gasteiger partial charge in [0.1, 0.15) is 0 Å². The zero-order chi connectivity index (χ0) is 10.8. The molecule has 2 aromatic rings. The van der Waals surface area contributed by atoms with Gasteiger partial charge >= 0.3 is 5.97 Å². The molecule has 0 aliphatic heterocycles. The summed E-state index contributed by atoms with van der Waals surface area (Å²) < 4.78 is 6.93. The van der Waals surface area contributed by atoms with Gasteiger partial charge in [-0.25, -0.2) is 4.79 Å². The Labute approximate surface area is 88.3 Å². The quantitative estimate of drug-likeness (QED) is 0.702. The summed E-state index contributed by atoms with van der Waals surface area (Å²) in [6.45, 7) is 4.21. The van der Waals surface area contributed by atoms with Gasteiger partial charge in [-0.2, -0.15) is 0 Å². The van der Waals surface area contributed by atoms with Crippen LogP contribution in [-0.4, -0.2) is 17.0 Å². The molecule has 15 heavy (non-hydrogen) atoms. The SMILES string of the molecule is CCOC(=O)c1cccn2cc(C)cc12. The second kappa shape index (κ2) is 3.77. The van der Waals surface area contributed by atoms with Crippen LogP contribution in [0.1, 0.15) is 22.8 Å². The van der Waals surface area contributed by atoms with Crippen LogP contribution in [0.3, 0.4) is 0 Å². The molecule has 3 heteroatoms. The number of rotatable bonds is 2. The Bertz CT molecular complexity index is 499. The van der Waals surface area contributed by atoms with Crippen LogP contribution in [0.5, 0.6) is 0 Å². The summed E-state index contributed by atoms with van der Waals surface area (Å²) in [5.41, 5.74) is 2.65. The third kappa shape index (κ3) is 1.73. The second-order valence-corrected chi connectivity index (χ2v) is 3.45. The molecule has 2 aromatic heterocycles. The van der Waals surface area contributed by atoms with Gasteiger partial charge in [-0.05, 0) is 37.6 Å². The fourth-order valence-electron chi connectivity index (χ4n) is 1.66. The first-order chi connectivity index (χ1) is 7.22. The zero-order valence-electron chi connectivity index (χ0n) is 8.86. The fraction of sp³-hybridized carbons (Fsp3) is 0.250. The monoisotopic (exact) mass is 203 g/mol. The molecule has 0 amide bonds. The fourth-order valence-corrected chi connectivity index (χ4v) is 1.66. The second-order valence-electron chi connectivity index (χ2n) is 3.45. The number of esters is 1. The lowest BCUT2D eigenvalue weighted by atomic mass is 10.2. The third-order valence-corrected chi connectivity index (χ3v) is 2.27. The third-order valence-electron chi connectivity index (χ3n) is 2.27. The summed E-state index contributed by atoms with van der Waals surface area (Å²) in [6, 6.07) is 5.61. The predicted molar refractivity (Wildman–Crippen MR) is 58.1 cm³/mol. The maximum atomic E-state index is 11.6. The van der Waals surface area contributed by atoms with E-state index in [1.165, 1.54) is 0 Å². The van der Waals surface area contributed by atoms with Crippen molar-refractivity contribution >= 4 is 11.5 Å². The maximum absolute atomic E-state index is 11.6. The molecule has 0 aromatic carbocycles. The highest BCUT2D eigenvalue weighted by atomic mass is 16.5. The van der Waals surface area contributed by atoms with Gasteiger partial charge in [-0.15, -0.1) is 0 Å². The summed E-state index contributed by atoms with van der Waals surface area (Å²) in [4.78, 5) is 11.6. The maximum Gasteiger partial charge on any atom is 0.340 e. The smallest absolute Gasteiger partial charge is 0.340 e. The highest BCUT2D eigenvalue weighted by Gasteiger charge is 2.11. The van der Waals surface area contributed by atoms with Crippen molar-refractivity contribution in [1.82, 2.24) is 4.40 Å². The largest absolute Gasteiger partial charge is 0.462 e. The number of carbonyl (C=O) groups is 1. The van der Waals surface area contributed by atoms with Gasteiger partial charge in [0.05, 0.1) is 17.7 Å². The van der Waals surface area contributed by atoms with Crippen LogP contribution in [0.25, 0.3) is 5.52 Å². The van der Waals surface area contributed by atoms with Crippen LogP contribution in [-0.2, 0) is 4.74 Å². The molecule has 0 bridgehead atoms.